The molecule has 1 rings (SSSR count). The lowest BCUT2D eigenvalue weighted by molar-refractivity contribution is -0.109. The SMILES string of the molecule is CC(=O)SCCC(O)C(O)c1cc(N)cc(Cl)c1. The van der Waals surface area contributed by atoms with Crippen molar-refractivity contribution in [3.05, 3.63) is 28.8 Å². The second-order valence-electron chi connectivity index (χ2n) is 3.96. The molecule has 4 N–H and O–H groups in total. The summed E-state index contributed by atoms with van der Waals surface area (Å²) in [6.07, 6.45) is -1.69. The highest BCUT2D eigenvalue weighted by Crippen LogP contribution is 2.25. The van der Waals surface area contributed by atoms with E-state index in [4.69, 9.17) is 17.3 Å². The molecular weight excluding hydrogens is 274 g/mol. The van der Waals surface area contributed by atoms with Crippen LogP contribution in [0.1, 0.15) is 25.0 Å². The lowest BCUT2D eigenvalue weighted by atomic mass is 10.0. The molecule has 0 fully saturated rings. The Bertz CT molecular complexity index is 408. The second kappa shape index (κ2) is 6.99. The molecule has 0 aliphatic carbocycles. The van der Waals surface area contributed by atoms with Crippen LogP contribution >= 0.6 is 23.4 Å². The smallest absolute Gasteiger partial charge is 0.185 e. The highest BCUT2D eigenvalue weighted by atomic mass is 35.5. The van der Waals surface area contributed by atoms with Gasteiger partial charge in [-0.3, -0.25) is 4.79 Å². The molecule has 100 valence electrons. The molecule has 0 saturated carbocycles. The molecule has 0 aliphatic heterocycles. The molecule has 0 amide bonds. The van der Waals surface area contributed by atoms with E-state index in [2.05, 4.69) is 0 Å². The van der Waals surface area contributed by atoms with Crippen molar-refractivity contribution in [1.82, 2.24) is 0 Å². The highest BCUT2D eigenvalue weighted by Gasteiger charge is 2.19. The molecule has 0 bridgehead atoms. The molecule has 2 unspecified atom stereocenters. The van der Waals surface area contributed by atoms with Gasteiger partial charge >= 0.3 is 0 Å². The topological polar surface area (TPSA) is 83.5 Å². The molecule has 2 atom stereocenters. The van der Waals surface area contributed by atoms with E-state index >= 15 is 0 Å². The number of anilines is 1. The molecule has 0 radical (unpaired) electrons. The van der Waals surface area contributed by atoms with Gasteiger partial charge in [-0.25, -0.2) is 0 Å². The maximum Gasteiger partial charge on any atom is 0.185 e. The summed E-state index contributed by atoms with van der Waals surface area (Å²) in [4.78, 5) is 10.7. The van der Waals surface area contributed by atoms with Crippen LogP contribution in [0.15, 0.2) is 18.2 Å². The van der Waals surface area contributed by atoms with Gasteiger partial charge in [-0.15, -0.1) is 0 Å². The maximum atomic E-state index is 10.7. The fraction of sp³-hybridized carbons (Fsp3) is 0.417. The Morgan fingerprint density at radius 2 is 2.11 bits per heavy atom. The van der Waals surface area contributed by atoms with Gasteiger partial charge in [-0.05, 0) is 30.2 Å². The normalized spacial score (nSPS) is 14.2. The number of nitrogen functional groups attached to an aromatic ring is 1. The van der Waals surface area contributed by atoms with Crippen LogP contribution in [0.5, 0.6) is 0 Å². The third-order valence-corrected chi connectivity index (χ3v) is 3.43. The van der Waals surface area contributed by atoms with Crippen molar-refractivity contribution in [3.63, 3.8) is 0 Å². The predicted molar refractivity (Wildman–Crippen MR) is 74.6 cm³/mol. The summed E-state index contributed by atoms with van der Waals surface area (Å²) in [5.41, 5.74) is 6.52. The summed E-state index contributed by atoms with van der Waals surface area (Å²) < 4.78 is 0. The molecule has 0 saturated heterocycles. The van der Waals surface area contributed by atoms with Gasteiger partial charge in [-0.1, -0.05) is 23.4 Å². The average Bonchev–Trinajstić information content (AvgIpc) is 2.26. The summed E-state index contributed by atoms with van der Waals surface area (Å²) in [5.74, 6) is 0.462. The molecule has 0 heterocycles. The van der Waals surface area contributed by atoms with Gasteiger partial charge in [0.25, 0.3) is 0 Å². The number of aliphatic hydroxyl groups excluding tert-OH is 2. The van der Waals surface area contributed by atoms with E-state index in [-0.39, 0.29) is 5.12 Å². The number of rotatable bonds is 5. The molecule has 0 spiro atoms. The molecule has 1 aromatic carbocycles. The van der Waals surface area contributed by atoms with Crippen molar-refractivity contribution in [2.45, 2.75) is 25.6 Å². The Kier molecular flexibility index (Phi) is 5.95. The lowest BCUT2D eigenvalue weighted by Crippen LogP contribution is -2.19. The van der Waals surface area contributed by atoms with Gasteiger partial charge in [0, 0.05) is 23.4 Å². The Balaban J connectivity index is 2.62. The van der Waals surface area contributed by atoms with Gasteiger partial charge in [0.15, 0.2) is 5.12 Å². The second-order valence-corrected chi connectivity index (χ2v) is 5.67. The number of hydrogen-bond donors (Lipinski definition) is 3. The standard InChI is InChI=1S/C12H16ClNO3S/c1-7(15)18-3-2-11(16)12(17)8-4-9(13)6-10(14)5-8/h4-6,11-12,16-17H,2-3,14H2,1H3. The van der Waals surface area contributed by atoms with Crippen molar-refractivity contribution in [2.75, 3.05) is 11.5 Å². The molecular formula is C12H16ClNO3S. The van der Waals surface area contributed by atoms with Crippen molar-refractivity contribution in [2.24, 2.45) is 0 Å². The monoisotopic (exact) mass is 289 g/mol. The van der Waals surface area contributed by atoms with E-state index in [1.165, 1.54) is 6.92 Å². The van der Waals surface area contributed by atoms with E-state index in [1.54, 1.807) is 18.2 Å². The van der Waals surface area contributed by atoms with Gasteiger partial charge < -0.3 is 15.9 Å². The first-order valence-corrected chi connectivity index (χ1v) is 6.82. The average molecular weight is 290 g/mol. The first-order valence-electron chi connectivity index (χ1n) is 5.45. The minimum absolute atomic E-state index is 0.0105. The number of carbonyl (C=O) groups excluding carboxylic acids is 1. The number of nitrogens with two attached hydrogens (primary N) is 1. The highest BCUT2D eigenvalue weighted by molar-refractivity contribution is 8.13. The molecule has 4 nitrogen and oxygen atoms in total. The number of halogens is 1. The predicted octanol–water partition coefficient (Wildman–Crippen LogP) is 1.99. The van der Waals surface area contributed by atoms with E-state index in [0.29, 0.717) is 28.4 Å². The Labute approximate surface area is 115 Å². The van der Waals surface area contributed by atoms with Crippen LogP contribution in [-0.2, 0) is 4.79 Å². The first kappa shape index (κ1) is 15.3. The van der Waals surface area contributed by atoms with Crippen LogP contribution in [0.2, 0.25) is 5.02 Å². The van der Waals surface area contributed by atoms with Crippen molar-refractivity contribution in [1.29, 1.82) is 0 Å². The zero-order valence-electron chi connectivity index (χ0n) is 9.97. The zero-order valence-corrected chi connectivity index (χ0v) is 11.5. The summed E-state index contributed by atoms with van der Waals surface area (Å²) in [7, 11) is 0. The van der Waals surface area contributed by atoms with E-state index in [1.807, 2.05) is 0 Å². The number of aliphatic hydroxyl groups is 2. The van der Waals surface area contributed by atoms with Crippen molar-refractivity contribution in [3.8, 4) is 0 Å². The van der Waals surface area contributed by atoms with Crippen LogP contribution in [0.4, 0.5) is 5.69 Å². The summed E-state index contributed by atoms with van der Waals surface area (Å²) >= 11 is 6.94. The Morgan fingerprint density at radius 1 is 1.44 bits per heavy atom. The van der Waals surface area contributed by atoms with Gasteiger partial charge in [0.2, 0.25) is 0 Å². The van der Waals surface area contributed by atoms with Crippen molar-refractivity contribution < 1.29 is 15.0 Å². The minimum Gasteiger partial charge on any atom is -0.399 e. The fourth-order valence-corrected chi connectivity index (χ4v) is 2.41. The zero-order chi connectivity index (χ0) is 13.7. The van der Waals surface area contributed by atoms with Gasteiger partial charge in [0.1, 0.15) is 6.10 Å². The van der Waals surface area contributed by atoms with Crippen LogP contribution in [-0.4, -0.2) is 27.2 Å². The number of hydrogen-bond acceptors (Lipinski definition) is 5. The number of benzene rings is 1. The third-order valence-electron chi connectivity index (χ3n) is 2.37. The largest absolute Gasteiger partial charge is 0.399 e. The van der Waals surface area contributed by atoms with Crippen LogP contribution in [0.25, 0.3) is 0 Å². The number of carbonyl (C=O) groups is 1. The lowest BCUT2D eigenvalue weighted by Gasteiger charge is -2.18. The summed E-state index contributed by atoms with van der Waals surface area (Å²) in [5, 5.41) is 20.2. The van der Waals surface area contributed by atoms with Crippen LogP contribution in [0.3, 0.4) is 0 Å². The quantitative estimate of drug-likeness (QED) is 0.722. The van der Waals surface area contributed by atoms with E-state index in [0.717, 1.165) is 11.8 Å². The Morgan fingerprint density at radius 3 is 2.67 bits per heavy atom. The van der Waals surface area contributed by atoms with Gasteiger partial charge in [-0.2, -0.15) is 0 Å². The third kappa shape index (κ3) is 4.86. The van der Waals surface area contributed by atoms with Crippen molar-refractivity contribution >= 4 is 34.2 Å². The molecule has 6 heteroatoms. The molecule has 0 aliphatic rings. The summed E-state index contributed by atoms with van der Waals surface area (Å²) in [6.45, 7) is 1.46. The molecule has 18 heavy (non-hydrogen) atoms. The van der Waals surface area contributed by atoms with Gasteiger partial charge in [0.05, 0.1) is 6.10 Å². The molecule has 1 aromatic rings. The van der Waals surface area contributed by atoms with Crippen LogP contribution < -0.4 is 5.73 Å². The number of thioether (sulfide) groups is 1. The fourth-order valence-electron chi connectivity index (χ4n) is 1.51. The Hall–Kier alpha value is -0.750. The maximum absolute atomic E-state index is 10.7. The van der Waals surface area contributed by atoms with E-state index in [9.17, 15) is 15.0 Å². The summed E-state index contributed by atoms with van der Waals surface area (Å²) in [6, 6.07) is 4.69. The van der Waals surface area contributed by atoms with E-state index < -0.39 is 12.2 Å². The first-order chi connectivity index (χ1) is 8.40. The van der Waals surface area contributed by atoms with Crippen LogP contribution in [0, 0.1) is 0 Å². The minimum atomic E-state index is -1.06. The molecule has 0 aromatic heterocycles.